The van der Waals surface area contributed by atoms with Gasteiger partial charge in [0.2, 0.25) is 11.8 Å². The molecule has 8 N–H and O–H groups in total. The molecule has 1 heterocycles. The molecule has 32 heavy (non-hydrogen) atoms. The first kappa shape index (κ1) is 24.9. The Morgan fingerprint density at radius 1 is 1.22 bits per heavy atom. The van der Waals surface area contributed by atoms with Crippen LogP contribution >= 0.6 is 0 Å². The van der Waals surface area contributed by atoms with Gasteiger partial charge in [-0.25, -0.2) is 4.79 Å². The molecular formula is C21H32N6O5. The molecule has 11 nitrogen and oxygen atoms in total. The van der Waals surface area contributed by atoms with E-state index in [-0.39, 0.29) is 24.0 Å². The summed E-state index contributed by atoms with van der Waals surface area (Å²) in [5, 5.41) is 24.5. The predicted molar refractivity (Wildman–Crippen MR) is 119 cm³/mol. The number of carboxylic acids is 1. The number of nitrogens with zero attached hydrogens (tertiary/aromatic N) is 2. The molecule has 176 valence electrons. The normalized spacial score (nSPS) is 17.4. The number of benzene rings is 1. The number of carbonyl (C=O) groups excluding carboxylic acids is 2. The molecule has 1 fully saturated rings. The van der Waals surface area contributed by atoms with E-state index in [0.29, 0.717) is 44.3 Å². The van der Waals surface area contributed by atoms with E-state index < -0.39 is 30.0 Å². The number of phenolic OH excluding ortho intramolecular Hbond substituents is 1. The summed E-state index contributed by atoms with van der Waals surface area (Å²) in [5.74, 6) is -1.80. The van der Waals surface area contributed by atoms with Gasteiger partial charge < -0.3 is 37.2 Å². The second-order valence-electron chi connectivity index (χ2n) is 7.75. The van der Waals surface area contributed by atoms with Gasteiger partial charge in [-0.3, -0.25) is 14.6 Å². The molecule has 1 aromatic carbocycles. The van der Waals surface area contributed by atoms with Crippen molar-refractivity contribution < 1.29 is 24.6 Å². The van der Waals surface area contributed by atoms with Gasteiger partial charge in [-0.15, -0.1) is 0 Å². The number of phenols is 1. The van der Waals surface area contributed by atoms with Crippen molar-refractivity contribution in [2.75, 3.05) is 20.1 Å². The number of hydrogen-bond donors (Lipinski definition) is 6. The molecule has 2 amide bonds. The molecule has 0 aromatic heterocycles. The highest BCUT2D eigenvalue weighted by Gasteiger charge is 2.37. The van der Waals surface area contributed by atoms with Crippen molar-refractivity contribution in [2.24, 2.45) is 16.5 Å². The summed E-state index contributed by atoms with van der Waals surface area (Å²) in [4.78, 5) is 43.0. The van der Waals surface area contributed by atoms with Gasteiger partial charge in [-0.2, -0.15) is 0 Å². The Kier molecular flexibility index (Phi) is 9.26. The summed E-state index contributed by atoms with van der Waals surface area (Å²) in [6, 6.07) is 3.74. The summed E-state index contributed by atoms with van der Waals surface area (Å²) < 4.78 is 0. The van der Waals surface area contributed by atoms with Crippen LogP contribution in [0.1, 0.15) is 31.2 Å². The number of nitrogens with one attached hydrogen (secondary N) is 2. The Bertz CT molecular complexity index is 824. The molecule has 1 aliphatic rings. The molecule has 0 radical (unpaired) electrons. The molecule has 0 spiro atoms. The zero-order valence-corrected chi connectivity index (χ0v) is 18.2. The Morgan fingerprint density at radius 2 is 1.91 bits per heavy atom. The van der Waals surface area contributed by atoms with Crippen LogP contribution in [0.2, 0.25) is 0 Å². The number of carboxylic acid groups (broad SMARTS) is 1. The van der Waals surface area contributed by atoms with Gasteiger partial charge in [0, 0.05) is 19.5 Å². The standard InChI is InChI=1S/C21H32N6O5/c1-24-15(4-2-10-25-21(22)23)19(30)27-11-3-5-17(27)18(29)26-16(20(31)32)12-13-6-8-14(28)9-7-13/h6-9,15-17,24,28H,2-5,10-12H2,1H3,(H,26,29)(H,31,32)(H4,22,23,25)/t15-,16-,17-/m0/s1. The summed E-state index contributed by atoms with van der Waals surface area (Å²) in [6.45, 7) is 0.827. The molecule has 1 aliphatic heterocycles. The number of guanidine groups is 1. The van der Waals surface area contributed by atoms with E-state index in [9.17, 15) is 24.6 Å². The Balaban J connectivity index is 2.00. The zero-order chi connectivity index (χ0) is 23.7. The molecular weight excluding hydrogens is 416 g/mol. The van der Waals surface area contributed by atoms with E-state index in [0.717, 1.165) is 0 Å². The van der Waals surface area contributed by atoms with Gasteiger partial charge in [0.25, 0.3) is 0 Å². The summed E-state index contributed by atoms with van der Waals surface area (Å²) in [7, 11) is 1.67. The van der Waals surface area contributed by atoms with Crippen molar-refractivity contribution in [1.82, 2.24) is 15.5 Å². The first-order chi connectivity index (χ1) is 15.2. The highest BCUT2D eigenvalue weighted by Crippen LogP contribution is 2.20. The quantitative estimate of drug-likeness (QED) is 0.143. The van der Waals surface area contributed by atoms with Crippen LogP contribution in [0.4, 0.5) is 0 Å². The number of rotatable bonds is 11. The Morgan fingerprint density at radius 3 is 2.50 bits per heavy atom. The third-order valence-corrected chi connectivity index (χ3v) is 5.42. The van der Waals surface area contributed by atoms with E-state index in [1.807, 2.05) is 0 Å². The minimum Gasteiger partial charge on any atom is -0.508 e. The van der Waals surface area contributed by atoms with Crippen LogP contribution < -0.4 is 22.1 Å². The van der Waals surface area contributed by atoms with Crippen molar-refractivity contribution in [3.8, 4) is 5.75 Å². The molecule has 0 unspecified atom stereocenters. The second kappa shape index (κ2) is 11.9. The van der Waals surface area contributed by atoms with Crippen LogP contribution in [0.15, 0.2) is 29.3 Å². The molecule has 3 atom stereocenters. The van der Waals surface area contributed by atoms with E-state index in [1.165, 1.54) is 17.0 Å². The Hall–Kier alpha value is -3.34. The molecule has 1 saturated heterocycles. The number of nitrogens with two attached hydrogens (primary N) is 2. The maximum atomic E-state index is 13.0. The first-order valence-electron chi connectivity index (χ1n) is 10.6. The Labute approximate surface area is 186 Å². The number of hydrogen-bond acceptors (Lipinski definition) is 6. The smallest absolute Gasteiger partial charge is 0.326 e. The van der Waals surface area contributed by atoms with E-state index in [1.54, 1.807) is 19.2 Å². The lowest BCUT2D eigenvalue weighted by molar-refractivity contribution is -0.144. The number of aromatic hydroxyl groups is 1. The van der Waals surface area contributed by atoms with Crippen LogP contribution in [-0.4, -0.2) is 77.1 Å². The van der Waals surface area contributed by atoms with Gasteiger partial charge in [-0.1, -0.05) is 12.1 Å². The van der Waals surface area contributed by atoms with Crippen molar-refractivity contribution >= 4 is 23.7 Å². The maximum Gasteiger partial charge on any atom is 0.326 e. The monoisotopic (exact) mass is 448 g/mol. The lowest BCUT2D eigenvalue weighted by Crippen LogP contribution is -2.54. The minimum absolute atomic E-state index is 0.00565. The second-order valence-corrected chi connectivity index (χ2v) is 7.75. The van der Waals surface area contributed by atoms with E-state index in [4.69, 9.17) is 11.5 Å². The predicted octanol–water partition coefficient (Wildman–Crippen LogP) is -0.863. The third kappa shape index (κ3) is 7.12. The van der Waals surface area contributed by atoms with E-state index in [2.05, 4.69) is 15.6 Å². The van der Waals surface area contributed by atoms with E-state index >= 15 is 0 Å². The van der Waals surface area contributed by atoms with Crippen molar-refractivity contribution in [3.05, 3.63) is 29.8 Å². The molecule has 2 rings (SSSR count). The number of carbonyl (C=O) groups is 3. The highest BCUT2D eigenvalue weighted by molar-refractivity contribution is 5.92. The van der Waals surface area contributed by atoms with Crippen LogP contribution in [0, 0.1) is 0 Å². The van der Waals surface area contributed by atoms with Crippen LogP contribution in [-0.2, 0) is 20.8 Å². The fraction of sp³-hybridized carbons (Fsp3) is 0.524. The summed E-state index contributed by atoms with van der Waals surface area (Å²) in [5.41, 5.74) is 11.3. The van der Waals surface area contributed by atoms with Crippen molar-refractivity contribution in [1.29, 1.82) is 0 Å². The average molecular weight is 449 g/mol. The highest BCUT2D eigenvalue weighted by atomic mass is 16.4. The van der Waals surface area contributed by atoms with Gasteiger partial charge in [0.1, 0.15) is 17.8 Å². The number of likely N-dealkylation sites (tertiary alicyclic amines) is 1. The third-order valence-electron chi connectivity index (χ3n) is 5.42. The van der Waals surface area contributed by atoms with Gasteiger partial charge in [-0.05, 0) is 50.4 Å². The maximum absolute atomic E-state index is 13.0. The lowest BCUT2D eigenvalue weighted by atomic mass is 10.0. The number of likely N-dealkylation sites (N-methyl/N-ethyl adjacent to an activating group) is 1. The SMILES string of the molecule is CN[C@@H](CCCN=C(N)N)C(=O)N1CCC[C@H]1C(=O)N[C@@H](Cc1ccc(O)cc1)C(=O)O. The fourth-order valence-corrected chi connectivity index (χ4v) is 3.73. The van der Waals surface area contributed by atoms with Crippen LogP contribution in [0.5, 0.6) is 5.75 Å². The summed E-state index contributed by atoms with van der Waals surface area (Å²) in [6.07, 6.45) is 2.27. The molecule has 0 saturated carbocycles. The lowest BCUT2D eigenvalue weighted by Gasteiger charge is -2.29. The van der Waals surface area contributed by atoms with Crippen LogP contribution in [0.3, 0.4) is 0 Å². The van der Waals surface area contributed by atoms with Crippen molar-refractivity contribution in [2.45, 2.75) is 50.2 Å². The molecule has 0 aliphatic carbocycles. The minimum atomic E-state index is -1.17. The largest absolute Gasteiger partial charge is 0.508 e. The fourth-order valence-electron chi connectivity index (χ4n) is 3.73. The topological polar surface area (TPSA) is 183 Å². The summed E-state index contributed by atoms with van der Waals surface area (Å²) >= 11 is 0. The van der Waals surface area contributed by atoms with Gasteiger partial charge >= 0.3 is 5.97 Å². The number of aliphatic imine (C=N–C) groups is 1. The molecule has 0 bridgehead atoms. The molecule has 11 heteroatoms. The van der Waals surface area contributed by atoms with Crippen molar-refractivity contribution in [3.63, 3.8) is 0 Å². The first-order valence-corrected chi connectivity index (χ1v) is 10.6. The van der Waals surface area contributed by atoms with Gasteiger partial charge in [0.15, 0.2) is 5.96 Å². The van der Waals surface area contributed by atoms with Gasteiger partial charge in [0.05, 0.1) is 6.04 Å². The average Bonchev–Trinajstić information content (AvgIpc) is 3.24. The zero-order valence-electron chi connectivity index (χ0n) is 18.2. The van der Waals surface area contributed by atoms with Crippen LogP contribution in [0.25, 0.3) is 0 Å². The number of aliphatic carboxylic acids is 1. The molecule has 1 aromatic rings. The number of amides is 2.